The molecular weight excluding hydrogens is 234 g/mol. The summed E-state index contributed by atoms with van der Waals surface area (Å²) in [6, 6.07) is 1.90. The van der Waals surface area contributed by atoms with Crippen molar-refractivity contribution in [3.05, 3.63) is 34.1 Å². The molecule has 0 saturated heterocycles. The first kappa shape index (κ1) is 12.2. The van der Waals surface area contributed by atoms with E-state index in [2.05, 4.69) is 4.74 Å². The maximum absolute atomic E-state index is 12.6. The molecule has 0 aliphatic carbocycles. The fourth-order valence-corrected chi connectivity index (χ4v) is 0.906. The third kappa shape index (κ3) is 2.81. The lowest BCUT2D eigenvalue weighted by Gasteiger charge is -2.10. The Labute approximate surface area is 86.6 Å². The first-order valence-electron chi connectivity index (χ1n) is 3.94. The van der Waals surface area contributed by atoms with Gasteiger partial charge in [-0.3, -0.25) is 10.1 Å². The molecule has 16 heavy (non-hydrogen) atoms. The number of rotatable bonds is 4. The Morgan fingerprint density at radius 2 is 1.94 bits per heavy atom. The van der Waals surface area contributed by atoms with E-state index in [1.54, 1.807) is 0 Å². The van der Waals surface area contributed by atoms with Crippen LogP contribution in [0.15, 0.2) is 18.2 Å². The maximum atomic E-state index is 12.6. The average Bonchev–Trinajstić information content (AvgIpc) is 2.16. The van der Waals surface area contributed by atoms with Gasteiger partial charge in [0, 0.05) is 12.1 Å². The molecular formula is C8H5F4NO3. The van der Waals surface area contributed by atoms with Crippen molar-refractivity contribution in [1.82, 2.24) is 0 Å². The molecule has 0 spiro atoms. The van der Waals surface area contributed by atoms with E-state index in [9.17, 15) is 27.7 Å². The molecule has 0 N–H and O–H groups in total. The van der Waals surface area contributed by atoms with E-state index in [0.717, 1.165) is 6.07 Å². The molecule has 0 amide bonds. The number of alkyl halides is 3. The number of hydrogen-bond donors (Lipinski definition) is 0. The summed E-state index contributed by atoms with van der Waals surface area (Å²) in [5.74, 6) is -1.83. The molecule has 1 aromatic carbocycles. The van der Waals surface area contributed by atoms with Crippen LogP contribution in [0.4, 0.5) is 23.2 Å². The highest BCUT2D eigenvalue weighted by molar-refractivity contribution is 5.46. The molecule has 1 rings (SSSR count). The summed E-state index contributed by atoms with van der Waals surface area (Å²) in [4.78, 5) is 9.38. The number of benzene rings is 1. The predicted octanol–water partition coefficient (Wildman–Crippen LogP) is 2.67. The lowest BCUT2D eigenvalue weighted by molar-refractivity contribution is -0.386. The number of ether oxygens (including phenoxy) is 1. The van der Waals surface area contributed by atoms with Crippen LogP contribution in [-0.4, -0.2) is 17.7 Å². The summed E-state index contributed by atoms with van der Waals surface area (Å²) in [5, 5.41) is 10.4. The molecule has 0 aliphatic rings. The highest BCUT2D eigenvalue weighted by Crippen LogP contribution is 2.29. The Bertz CT molecular complexity index is 399. The van der Waals surface area contributed by atoms with Crippen molar-refractivity contribution >= 4 is 5.69 Å². The molecule has 0 radical (unpaired) electrons. The first-order valence-corrected chi connectivity index (χ1v) is 3.94. The van der Waals surface area contributed by atoms with E-state index in [1.165, 1.54) is 0 Å². The molecule has 0 saturated carbocycles. The molecule has 0 aromatic heterocycles. The lowest BCUT2D eigenvalue weighted by atomic mass is 10.3. The van der Waals surface area contributed by atoms with Crippen LogP contribution in [0.3, 0.4) is 0 Å². The molecule has 1 unspecified atom stereocenters. The van der Waals surface area contributed by atoms with E-state index in [0.29, 0.717) is 12.1 Å². The molecule has 0 aliphatic heterocycles. The molecule has 1 aromatic rings. The highest BCUT2D eigenvalue weighted by atomic mass is 19.3. The fraction of sp³-hybridized carbons (Fsp3) is 0.250. The van der Waals surface area contributed by atoms with Gasteiger partial charge in [-0.2, -0.15) is 4.39 Å². The average molecular weight is 239 g/mol. The van der Waals surface area contributed by atoms with Gasteiger partial charge in [-0.15, -0.1) is 0 Å². The van der Waals surface area contributed by atoms with Gasteiger partial charge >= 0.3 is 12.1 Å². The minimum atomic E-state index is -3.47. The van der Waals surface area contributed by atoms with Crippen LogP contribution in [-0.2, 0) is 0 Å². The number of nitro benzene ring substituents is 1. The van der Waals surface area contributed by atoms with Crippen molar-refractivity contribution in [3.8, 4) is 5.75 Å². The Morgan fingerprint density at radius 1 is 1.31 bits per heavy atom. The van der Waals surface area contributed by atoms with Crippen molar-refractivity contribution in [2.75, 3.05) is 0 Å². The summed E-state index contributed by atoms with van der Waals surface area (Å²) in [6.07, 6.45) is -6.51. The van der Waals surface area contributed by atoms with Crippen molar-refractivity contribution in [2.45, 2.75) is 12.8 Å². The third-order valence-corrected chi connectivity index (χ3v) is 1.56. The van der Waals surface area contributed by atoms with Gasteiger partial charge in [0.2, 0.25) is 5.75 Å². The molecule has 88 valence electrons. The van der Waals surface area contributed by atoms with E-state index in [-0.39, 0.29) is 0 Å². The van der Waals surface area contributed by atoms with Gasteiger partial charge in [0.1, 0.15) is 5.82 Å². The van der Waals surface area contributed by atoms with Crippen molar-refractivity contribution in [3.63, 3.8) is 0 Å². The van der Waals surface area contributed by atoms with Gasteiger partial charge in [0.15, 0.2) is 0 Å². The van der Waals surface area contributed by atoms with Crippen LogP contribution in [0.2, 0.25) is 0 Å². The second-order valence-corrected chi connectivity index (χ2v) is 2.67. The zero-order chi connectivity index (χ0) is 12.3. The minimum Gasteiger partial charge on any atom is -0.447 e. The van der Waals surface area contributed by atoms with Gasteiger partial charge in [-0.1, -0.05) is 0 Å². The van der Waals surface area contributed by atoms with E-state index >= 15 is 0 Å². The van der Waals surface area contributed by atoms with Crippen LogP contribution in [0, 0.1) is 15.9 Å². The zero-order valence-corrected chi connectivity index (χ0v) is 7.57. The summed E-state index contributed by atoms with van der Waals surface area (Å²) >= 11 is 0. The van der Waals surface area contributed by atoms with Crippen LogP contribution < -0.4 is 4.74 Å². The molecule has 0 heterocycles. The Hall–Kier alpha value is -1.86. The van der Waals surface area contributed by atoms with Crippen LogP contribution in [0.25, 0.3) is 0 Å². The monoisotopic (exact) mass is 239 g/mol. The zero-order valence-electron chi connectivity index (χ0n) is 7.57. The van der Waals surface area contributed by atoms with Gasteiger partial charge in [-0.05, 0) is 6.07 Å². The highest BCUT2D eigenvalue weighted by Gasteiger charge is 2.25. The number of hydrogen-bond acceptors (Lipinski definition) is 3. The van der Waals surface area contributed by atoms with Crippen molar-refractivity contribution in [1.29, 1.82) is 0 Å². The Balaban J connectivity index is 3.01. The Morgan fingerprint density at radius 3 is 2.44 bits per heavy atom. The molecule has 0 fully saturated rings. The largest absolute Gasteiger partial charge is 0.447 e. The summed E-state index contributed by atoms with van der Waals surface area (Å²) in [6.45, 7) is 0. The summed E-state index contributed by atoms with van der Waals surface area (Å²) < 4.78 is 52.6. The van der Waals surface area contributed by atoms with Crippen LogP contribution >= 0.6 is 0 Å². The fourth-order valence-electron chi connectivity index (χ4n) is 0.906. The molecule has 8 heteroatoms. The van der Waals surface area contributed by atoms with Gasteiger partial charge in [0.05, 0.1) is 4.92 Å². The van der Waals surface area contributed by atoms with E-state index in [4.69, 9.17) is 0 Å². The number of halogens is 4. The van der Waals surface area contributed by atoms with E-state index in [1.807, 2.05) is 0 Å². The topological polar surface area (TPSA) is 52.4 Å². The smallest absolute Gasteiger partial charge is 0.311 e. The second kappa shape index (κ2) is 4.77. The normalized spacial score (nSPS) is 12.6. The van der Waals surface area contributed by atoms with Crippen molar-refractivity contribution < 1.29 is 27.2 Å². The first-order chi connectivity index (χ1) is 7.41. The third-order valence-electron chi connectivity index (χ3n) is 1.56. The predicted molar refractivity (Wildman–Crippen MR) is 44.6 cm³/mol. The van der Waals surface area contributed by atoms with Crippen molar-refractivity contribution in [2.24, 2.45) is 0 Å². The van der Waals surface area contributed by atoms with Gasteiger partial charge < -0.3 is 4.74 Å². The second-order valence-electron chi connectivity index (χ2n) is 2.67. The number of nitro groups is 1. The van der Waals surface area contributed by atoms with Gasteiger partial charge in [0.25, 0.3) is 6.36 Å². The maximum Gasteiger partial charge on any atom is 0.311 e. The minimum absolute atomic E-state index is 0.465. The summed E-state index contributed by atoms with van der Waals surface area (Å²) in [7, 11) is 0. The molecule has 4 nitrogen and oxygen atoms in total. The van der Waals surface area contributed by atoms with Gasteiger partial charge in [-0.25, -0.2) is 13.2 Å². The summed E-state index contributed by atoms with van der Waals surface area (Å²) in [5.41, 5.74) is -0.787. The van der Waals surface area contributed by atoms with E-state index < -0.39 is 35.0 Å². The Kier molecular flexibility index (Phi) is 3.64. The quantitative estimate of drug-likeness (QED) is 0.461. The van der Waals surface area contributed by atoms with Crippen LogP contribution in [0.1, 0.15) is 0 Å². The molecule has 0 bridgehead atoms. The number of nitrogens with zero attached hydrogens (tertiary/aromatic N) is 1. The lowest BCUT2D eigenvalue weighted by Crippen LogP contribution is -2.20. The SMILES string of the molecule is O=[N+]([O-])c1ccc(F)cc1OC(F)C(F)F. The van der Waals surface area contributed by atoms with Crippen LogP contribution in [0.5, 0.6) is 5.75 Å². The standard InChI is InChI=1S/C8H5F4NO3/c9-4-1-2-5(13(14)15)6(3-4)16-8(12)7(10)11/h1-3,7-8H. The molecule has 1 atom stereocenters.